The summed E-state index contributed by atoms with van der Waals surface area (Å²) in [5.41, 5.74) is 1.23. The quantitative estimate of drug-likeness (QED) is 0.782. The van der Waals surface area contributed by atoms with E-state index < -0.39 is 0 Å². The third-order valence-corrected chi connectivity index (χ3v) is 3.60. The highest BCUT2D eigenvalue weighted by Gasteiger charge is 2.13. The van der Waals surface area contributed by atoms with Crippen molar-refractivity contribution in [1.82, 2.24) is 10.1 Å². The topological polar surface area (TPSA) is 42.2 Å². The summed E-state index contributed by atoms with van der Waals surface area (Å²) in [5.74, 6) is 1.03. The van der Waals surface area contributed by atoms with E-state index in [-0.39, 0.29) is 5.92 Å². The molecule has 2 rings (SSSR count). The third kappa shape index (κ3) is 3.50. The van der Waals surface area contributed by atoms with Crippen LogP contribution in [0.15, 0.2) is 33.7 Å². The number of hydrogen-bond acceptors (Lipinski definition) is 5. The molecule has 0 saturated carbocycles. The second kappa shape index (κ2) is 6.10. The second-order valence-corrected chi connectivity index (χ2v) is 5.67. The maximum atomic E-state index is 5.27. The van der Waals surface area contributed by atoms with Crippen molar-refractivity contribution >= 4 is 17.8 Å². The van der Waals surface area contributed by atoms with E-state index in [1.807, 2.05) is 11.9 Å². The van der Waals surface area contributed by atoms with E-state index >= 15 is 0 Å². The van der Waals surface area contributed by atoms with Crippen LogP contribution in [0.2, 0.25) is 0 Å². The molecule has 0 N–H and O–H groups in total. The summed E-state index contributed by atoms with van der Waals surface area (Å²) in [4.78, 5) is 7.62. The average Bonchev–Trinajstić information content (AvgIpc) is 2.89. The monoisotopic (exact) mass is 277 g/mol. The molecule has 2 aromatic rings. The predicted octanol–water partition coefficient (Wildman–Crippen LogP) is 3.55. The van der Waals surface area contributed by atoms with Crippen molar-refractivity contribution in [2.45, 2.75) is 31.2 Å². The van der Waals surface area contributed by atoms with E-state index in [2.05, 4.69) is 54.5 Å². The van der Waals surface area contributed by atoms with Gasteiger partial charge in [0, 0.05) is 24.4 Å². The molecule has 1 aromatic heterocycles. The zero-order chi connectivity index (χ0) is 13.8. The minimum atomic E-state index is 0.284. The number of aromatic nitrogens is 2. The van der Waals surface area contributed by atoms with Crippen LogP contribution in [0.5, 0.6) is 0 Å². The first-order valence-corrected chi connectivity index (χ1v) is 7.50. The lowest BCUT2D eigenvalue weighted by Gasteiger charge is -2.13. The number of rotatable bonds is 5. The Morgan fingerprint density at radius 3 is 2.47 bits per heavy atom. The van der Waals surface area contributed by atoms with Gasteiger partial charge in [-0.1, -0.05) is 31.1 Å². The first kappa shape index (κ1) is 13.9. The van der Waals surface area contributed by atoms with Crippen LogP contribution in [-0.4, -0.2) is 23.4 Å². The van der Waals surface area contributed by atoms with Crippen LogP contribution in [0.4, 0.5) is 6.01 Å². The molecule has 102 valence electrons. The van der Waals surface area contributed by atoms with Gasteiger partial charge >= 0.3 is 6.01 Å². The van der Waals surface area contributed by atoms with Gasteiger partial charge < -0.3 is 9.42 Å². The molecule has 0 aliphatic rings. The Bertz CT molecular complexity index is 522. The van der Waals surface area contributed by atoms with Crippen molar-refractivity contribution in [3.05, 3.63) is 35.7 Å². The molecule has 19 heavy (non-hydrogen) atoms. The Hall–Kier alpha value is -1.49. The number of benzene rings is 1. The molecular weight excluding hydrogens is 258 g/mol. The fraction of sp³-hybridized carbons (Fsp3) is 0.429. The Morgan fingerprint density at radius 1 is 1.26 bits per heavy atom. The van der Waals surface area contributed by atoms with Crippen molar-refractivity contribution in [3.63, 3.8) is 0 Å². The van der Waals surface area contributed by atoms with Crippen molar-refractivity contribution < 1.29 is 4.52 Å². The molecule has 0 bridgehead atoms. The van der Waals surface area contributed by atoms with Crippen LogP contribution in [0.3, 0.4) is 0 Å². The van der Waals surface area contributed by atoms with Crippen molar-refractivity contribution in [1.29, 1.82) is 0 Å². The molecule has 0 aliphatic carbocycles. The summed E-state index contributed by atoms with van der Waals surface area (Å²) < 4.78 is 5.27. The molecule has 0 saturated heterocycles. The Kier molecular flexibility index (Phi) is 4.47. The molecule has 1 heterocycles. The van der Waals surface area contributed by atoms with Gasteiger partial charge in [-0.25, -0.2) is 0 Å². The van der Waals surface area contributed by atoms with Crippen LogP contribution >= 0.6 is 11.8 Å². The molecule has 0 radical (unpaired) electrons. The fourth-order valence-electron chi connectivity index (χ4n) is 1.69. The van der Waals surface area contributed by atoms with Crippen LogP contribution in [0, 0.1) is 0 Å². The van der Waals surface area contributed by atoms with Crippen molar-refractivity contribution in [3.8, 4) is 0 Å². The number of hydrogen-bond donors (Lipinski definition) is 0. The van der Waals surface area contributed by atoms with Gasteiger partial charge in [-0.3, -0.25) is 0 Å². The van der Waals surface area contributed by atoms with Gasteiger partial charge in [-0.05, 0) is 24.0 Å². The zero-order valence-corrected chi connectivity index (χ0v) is 12.6. The maximum absolute atomic E-state index is 5.27. The SMILES string of the molecule is CSc1ccc(CN(C)c2nc(C(C)C)no2)cc1. The Morgan fingerprint density at radius 2 is 1.95 bits per heavy atom. The summed E-state index contributed by atoms with van der Waals surface area (Å²) in [7, 11) is 1.96. The lowest BCUT2D eigenvalue weighted by Crippen LogP contribution is -2.16. The third-order valence-electron chi connectivity index (χ3n) is 2.85. The van der Waals surface area contributed by atoms with E-state index in [1.54, 1.807) is 11.8 Å². The molecular formula is C14H19N3OS. The number of thioether (sulfide) groups is 1. The van der Waals surface area contributed by atoms with E-state index in [1.165, 1.54) is 10.5 Å². The zero-order valence-electron chi connectivity index (χ0n) is 11.8. The van der Waals surface area contributed by atoms with Crippen LogP contribution in [0.25, 0.3) is 0 Å². The van der Waals surface area contributed by atoms with Crippen LogP contribution in [0.1, 0.15) is 31.2 Å². The molecule has 0 unspecified atom stereocenters. The lowest BCUT2D eigenvalue weighted by molar-refractivity contribution is 0.407. The molecule has 1 aromatic carbocycles. The van der Waals surface area contributed by atoms with Gasteiger partial charge in [0.2, 0.25) is 0 Å². The summed E-state index contributed by atoms with van der Waals surface area (Å²) in [6.45, 7) is 4.86. The molecule has 0 aliphatic heterocycles. The highest BCUT2D eigenvalue weighted by atomic mass is 32.2. The van der Waals surface area contributed by atoms with Crippen LogP contribution in [-0.2, 0) is 6.54 Å². The van der Waals surface area contributed by atoms with Gasteiger partial charge in [0.25, 0.3) is 0 Å². The largest absolute Gasteiger partial charge is 0.324 e. The van der Waals surface area contributed by atoms with Gasteiger partial charge in [0.1, 0.15) is 0 Å². The van der Waals surface area contributed by atoms with Gasteiger partial charge in [0.05, 0.1) is 0 Å². The lowest BCUT2D eigenvalue weighted by atomic mass is 10.2. The predicted molar refractivity (Wildman–Crippen MR) is 78.7 cm³/mol. The molecule has 0 amide bonds. The van der Waals surface area contributed by atoms with E-state index in [9.17, 15) is 0 Å². The average molecular weight is 277 g/mol. The normalized spacial score (nSPS) is 11.0. The number of anilines is 1. The van der Waals surface area contributed by atoms with Crippen molar-refractivity contribution in [2.24, 2.45) is 0 Å². The first-order valence-electron chi connectivity index (χ1n) is 6.28. The maximum Gasteiger partial charge on any atom is 0.324 e. The van der Waals surface area contributed by atoms with Gasteiger partial charge in [0.15, 0.2) is 5.82 Å². The molecule has 0 fully saturated rings. The minimum absolute atomic E-state index is 0.284. The summed E-state index contributed by atoms with van der Waals surface area (Å²) in [6.07, 6.45) is 2.08. The highest BCUT2D eigenvalue weighted by molar-refractivity contribution is 7.98. The standard InChI is InChI=1S/C14H19N3OS/c1-10(2)13-15-14(18-16-13)17(3)9-11-5-7-12(19-4)8-6-11/h5-8,10H,9H2,1-4H3. The Balaban J connectivity index is 2.04. The molecule has 4 nitrogen and oxygen atoms in total. The number of nitrogens with zero attached hydrogens (tertiary/aromatic N) is 3. The van der Waals surface area contributed by atoms with E-state index in [0.29, 0.717) is 6.01 Å². The van der Waals surface area contributed by atoms with Gasteiger partial charge in [-0.15, -0.1) is 11.8 Å². The van der Waals surface area contributed by atoms with E-state index in [4.69, 9.17) is 4.52 Å². The van der Waals surface area contributed by atoms with Crippen LogP contribution < -0.4 is 4.90 Å². The molecule has 0 atom stereocenters. The second-order valence-electron chi connectivity index (χ2n) is 4.79. The summed E-state index contributed by atoms with van der Waals surface area (Å²) >= 11 is 1.74. The molecule has 5 heteroatoms. The van der Waals surface area contributed by atoms with Gasteiger partial charge in [-0.2, -0.15) is 4.98 Å². The van der Waals surface area contributed by atoms with Crippen molar-refractivity contribution in [2.75, 3.05) is 18.2 Å². The van der Waals surface area contributed by atoms with E-state index in [0.717, 1.165) is 12.4 Å². The summed E-state index contributed by atoms with van der Waals surface area (Å²) in [6, 6.07) is 9.07. The minimum Gasteiger partial charge on any atom is -0.323 e. The molecule has 0 spiro atoms. The first-order chi connectivity index (χ1) is 9.10. The Labute approximate surface area is 118 Å². The summed E-state index contributed by atoms with van der Waals surface area (Å²) in [5, 5.41) is 3.97. The highest BCUT2D eigenvalue weighted by Crippen LogP contribution is 2.19. The fourth-order valence-corrected chi connectivity index (χ4v) is 2.10. The smallest absolute Gasteiger partial charge is 0.323 e.